The van der Waals surface area contributed by atoms with Gasteiger partial charge in [-0.05, 0) is 24.0 Å². The molecule has 1 heteroatoms. The standard InChI is InChI=1S/C62H106O/c1-5-9-11-13-15-17-19-21-23-25-27-29-31-33-35-37-39-41-49-55-61(7-3,57-59-51-45-43-46-52-59)63-62(8-4,58-60-53-47-44-48-54-60)56-50-42-40-38-36-34-32-30-28-26-24-22-20-18-16-14-12-10-6-2/h7-8,43-48,51-54H,3-6,9-42,49-50,55-58H2,1-2H3. The topological polar surface area (TPSA) is 9.23 Å². The first-order valence-corrected chi connectivity index (χ1v) is 28.2. The summed E-state index contributed by atoms with van der Waals surface area (Å²) in [7, 11) is 0. The summed E-state index contributed by atoms with van der Waals surface area (Å²) in [6.07, 6.45) is 61.4. The summed E-state index contributed by atoms with van der Waals surface area (Å²) in [5, 5.41) is 0. The van der Waals surface area contributed by atoms with Crippen molar-refractivity contribution >= 4 is 0 Å². The van der Waals surface area contributed by atoms with Gasteiger partial charge in [-0.2, -0.15) is 0 Å². The Bertz CT molecular complexity index is 1150. The van der Waals surface area contributed by atoms with E-state index in [2.05, 4.69) is 99.8 Å². The Morgan fingerprint density at radius 1 is 0.317 bits per heavy atom. The number of hydrogen-bond donors (Lipinski definition) is 0. The van der Waals surface area contributed by atoms with Gasteiger partial charge in [-0.3, -0.25) is 0 Å². The van der Waals surface area contributed by atoms with E-state index in [1.165, 1.54) is 255 Å². The second-order valence-electron chi connectivity index (χ2n) is 20.2. The Hall–Kier alpha value is -2.12. The molecule has 360 valence electrons. The number of unbranched alkanes of at least 4 members (excludes halogenated alkanes) is 36. The van der Waals surface area contributed by atoms with E-state index in [1.807, 2.05) is 0 Å². The maximum atomic E-state index is 7.57. The molecule has 0 aromatic heterocycles. The molecule has 0 fully saturated rings. The second kappa shape index (κ2) is 41.3. The van der Waals surface area contributed by atoms with Gasteiger partial charge in [0.2, 0.25) is 0 Å². The van der Waals surface area contributed by atoms with Crippen molar-refractivity contribution in [3.05, 3.63) is 97.1 Å². The van der Waals surface area contributed by atoms with Crippen LogP contribution in [0.5, 0.6) is 0 Å². The fourth-order valence-electron chi connectivity index (χ4n) is 10.1. The minimum atomic E-state index is -0.424. The third-order valence-electron chi connectivity index (χ3n) is 14.2. The van der Waals surface area contributed by atoms with Crippen LogP contribution in [0.1, 0.15) is 282 Å². The minimum Gasteiger partial charge on any atom is -0.360 e. The molecule has 0 heterocycles. The van der Waals surface area contributed by atoms with Crippen LogP contribution in [0.15, 0.2) is 86.0 Å². The number of hydrogen-bond acceptors (Lipinski definition) is 1. The summed E-state index contributed by atoms with van der Waals surface area (Å²) in [5.41, 5.74) is 1.81. The molecule has 0 radical (unpaired) electrons. The van der Waals surface area contributed by atoms with Crippen molar-refractivity contribution in [3.8, 4) is 0 Å². The zero-order valence-corrected chi connectivity index (χ0v) is 42.4. The Labute approximate surface area is 394 Å². The lowest BCUT2D eigenvalue weighted by Gasteiger charge is -2.42. The summed E-state index contributed by atoms with van der Waals surface area (Å²) in [5.74, 6) is 0. The molecule has 0 spiro atoms. The van der Waals surface area contributed by atoms with Crippen molar-refractivity contribution < 1.29 is 4.74 Å². The van der Waals surface area contributed by atoms with Crippen LogP contribution in [-0.2, 0) is 17.6 Å². The molecule has 0 saturated carbocycles. The average molecular weight is 868 g/mol. The molecule has 2 unspecified atom stereocenters. The van der Waals surface area contributed by atoms with Crippen LogP contribution in [0.3, 0.4) is 0 Å². The highest BCUT2D eigenvalue weighted by molar-refractivity contribution is 5.23. The van der Waals surface area contributed by atoms with E-state index in [0.29, 0.717) is 0 Å². The fourth-order valence-corrected chi connectivity index (χ4v) is 10.1. The molecule has 0 N–H and O–H groups in total. The van der Waals surface area contributed by atoms with Crippen LogP contribution in [0.2, 0.25) is 0 Å². The summed E-state index contributed by atoms with van der Waals surface area (Å²) in [6, 6.07) is 22.0. The van der Waals surface area contributed by atoms with Crippen LogP contribution in [0.4, 0.5) is 0 Å². The quantitative estimate of drug-likeness (QED) is 0.0476. The van der Waals surface area contributed by atoms with E-state index in [1.54, 1.807) is 0 Å². The van der Waals surface area contributed by atoms with E-state index >= 15 is 0 Å². The van der Waals surface area contributed by atoms with Crippen molar-refractivity contribution in [1.82, 2.24) is 0 Å². The SMILES string of the molecule is C=CC(CCCCCCCCCCCCCCCCCCCCC)(Cc1ccccc1)OC(C=C)(CCCCCCCCCCCCCCCCCCCCC)Cc1ccccc1. The third kappa shape index (κ3) is 31.4. The highest BCUT2D eigenvalue weighted by Gasteiger charge is 2.38. The first kappa shape index (κ1) is 57.0. The predicted molar refractivity (Wildman–Crippen MR) is 283 cm³/mol. The molecule has 0 aliphatic rings. The Morgan fingerprint density at radius 3 is 0.730 bits per heavy atom. The third-order valence-corrected chi connectivity index (χ3v) is 14.2. The number of benzene rings is 2. The zero-order valence-electron chi connectivity index (χ0n) is 42.4. The maximum Gasteiger partial charge on any atom is 0.0912 e. The predicted octanol–water partition coefficient (Wildman–Crippen LogP) is 21.0. The molecule has 0 aliphatic heterocycles. The van der Waals surface area contributed by atoms with Gasteiger partial charge in [-0.25, -0.2) is 0 Å². The summed E-state index contributed by atoms with van der Waals surface area (Å²) < 4.78 is 7.57. The molecular weight excluding hydrogens is 761 g/mol. The van der Waals surface area contributed by atoms with Gasteiger partial charge in [0.05, 0.1) is 11.2 Å². The smallest absolute Gasteiger partial charge is 0.0912 e. The van der Waals surface area contributed by atoms with Gasteiger partial charge in [0, 0.05) is 12.8 Å². The van der Waals surface area contributed by atoms with Crippen LogP contribution in [0.25, 0.3) is 0 Å². The van der Waals surface area contributed by atoms with Crippen molar-refractivity contribution in [2.75, 3.05) is 0 Å². The van der Waals surface area contributed by atoms with Gasteiger partial charge in [0.1, 0.15) is 0 Å². The lowest BCUT2D eigenvalue weighted by molar-refractivity contribution is -0.116. The van der Waals surface area contributed by atoms with E-state index < -0.39 is 11.2 Å². The normalized spacial score (nSPS) is 13.5. The van der Waals surface area contributed by atoms with Crippen molar-refractivity contribution in [2.45, 2.75) is 295 Å². The number of rotatable bonds is 48. The van der Waals surface area contributed by atoms with Gasteiger partial charge in [-0.1, -0.05) is 331 Å². The summed E-state index contributed by atoms with van der Waals surface area (Å²) in [4.78, 5) is 0. The molecule has 0 bridgehead atoms. The lowest BCUT2D eigenvalue weighted by atomic mass is 9.84. The first-order valence-electron chi connectivity index (χ1n) is 28.2. The van der Waals surface area contributed by atoms with Crippen molar-refractivity contribution in [1.29, 1.82) is 0 Å². The minimum absolute atomic E-state index is 0.424. The highest BCUT2D eigenvalue weighted by atomic mass is 16.5. The van der Waals surface area contributed by atoms with Crippen LogP contribution < -0.4 is 0 Å². The van der Waals surface area contributed by atoms with Gasteiger partial charge >= 0.3 is 0 Å². The van der Waals surface area contributed by atoms with E-state index in [4.69, 9.17) is 4.74 Å². The van der Waals surface area contributed by atoms with Crippen molar-refractivity contribution in [3.63, 3.8) is 0 Å². The van der Waals surface area contributed by atoms with Crippen LogP contribution >= 0.6 is 0 Å². The van der Waals surface area contributed by atoms with Crippen LogP contribution in [0, 0.1) is 0 Å². The Balaban J connectivity index is 1.75. The Kier molecular flexibility index (Phi) is 37.4. The zero-order chi connectivity index (χ0) is 45.0. The van der Waals surface area contributed by atoms with Gasteiger partial charge in [0.15, 0.2) is 0 Å². The van der Waals surface area contributed by atoms with Crippen molar-refractivity contribution in [2.24, 2.45) is 0 Å². The summed E-state index contributed by atoms with van der Waals surface area (Å²) in [6.45, 7) is 13.6. The molecule has 2 aromatic rings. The molecule has 0 aliphatic carbocycles. The van der Waals surface area contributed by atoms with E-state index in [-0.39, 0.29) is 0 Å². The maximum absolute atomic E-state index is 7.57. The molecule has 2 aromatic carbocycles. The fraction of sp³-hybridized carbons (Fsp3) is 0.742. The van der Waals surface area contributed by atoms with Crippen LogP contribution in [-0.4, -0.2) is 11.2 Å². The lowest BCUT2D eigenvalue weighted by Crippen LogP contribution is -2.45. The average Bonchev–Trinajstić information content (AvgIpc) is 3.31. The molecular formula is C62H106O. The molecule has 0 amide bonds. The van der Waals surface area contributed by atoms with Gasteiger partial charge in [0.25, 0.3) is 0 Å². The van der Waals surface area contributed by atoms with Gasteiger partial charge in [-0.15, -0.1) is 13.2 Å². The Morgan fingerprint density at radius 2 is 0.524 bits per heavy atom. The first-order chi connectivity index (χ1) is 31.1. The number of ether oxygens (including phenoxy) is 1. The summed E-state index contributed by atoms with van der Waals surface area (Å²) >= 11 is 0. The largest absolute Gasteiger partial charge is 0.360 e. The monoisotopic (exact) mass is 867 g/mol. The van der Waals surface area contributed by atoms with Gasteiger partial charge < -0.3 is 4.74 Å². The highest BCUT2D eigenvalue weighted by Crippen LogP contribution is 2.37. The van der Waals surface area contributed by atoms with E-state index in [0.717, 1.165) is 25.7 Å². The van der Waals surface area contributed by atoms with E-state index in [9.17, 15) is 0 Å². The molecule has 1 nitrogen and oxygen atoms in total. The second-order valence-corrected chi connectivity index (χ2v) is 20.2. The molecule has 2 rings (SSSR count). The molecule has 63 heavy (non-hydrogen) atoms. The molecule has 0 saturated heterocycles. The molecule has 2 atom stereocenters.